The minimum Gasteiger partial charge on any atom is -0.355 e. The number of nitrogens with one attached hydrogen (secondary N) is 1. The molecule has 0 radical (unpaired) electrons. The first-order valence-corrected chi connectivity index (χ1v) is 6.78. The minimum atomic E-state index is 0.143. The first-order valence-electron chi connectivity index (χ1n) is 6.78. The molecule has 1 aromatic rings. The van der Waals surface area contributed by atoms with Crippen molar-refractivity contribution in [2.24, 2.45) is 5.92 Å². The predicted molar refractivity (Wildman–Crippen MR) is 73.2 cm³/mol. The molecule has 1 heterocycles. The fourth-order valence-electron chi connectivity index (χ4n) is 2.66. The van der Waals surface area contributed by atoms with Gasteiger partial charge in [0.2, 0.25) is 5.91 Å². The van der Waals surface area contributed by atoms with Gasteiger partial charge in [-0.05, 0) is 17.9 Å². The molecule has 1 N–H and O–H groups in total. The molecule has 1 fully saturated rings. The van der Waals surface area contributed by atoms with Gasteiger partial charge in [0.15, 0.2) is 0 Å². The van der Waals surface area contributed by atoms with Crippen molar-refractivity contribution in [2.75, 3.05) is 19.6 Å². The summed E-state index contributed by atoms with van der Waals surface area (Å²) in [5, 5.41) is 2.94. The first kappa shape index (κ1) is 13.1. The van der Waals surface area contributed by atoms with E-state index in [2.05, 4.69) is 48.3 Å². The van der Waals surface area contributed by atoms with Crippen LogP contribution in [-0.4, -0.2) is 30.4 Å². The SMILES string of the molecule is CCCNC(=O)CN1CC(C)C1c1ccccc1. The van der Waals surface area contributed by atoms with E-state index in [1.54, 1.807) is 0 Å². The molecule has 2 rings (SSSR count). The Hall–Kier alpha value is -1.35. The van der Waals surface area contributed by atoms with Gasteiger partial charge in [-0.15, -0.1) is 0 Å². The Balaban J connectivity index is 1.92. The van der Waals surface area contributed by atoms with E-state index >= 15 is 0 Å². The summed E-state index contributed by atoms with van der Waals surface area (Å²) in [6.07, 6.45) is 0.990. The summed E-state index contributed by atoms with van der Waals surface area (Å²) >= 11 is 0. The monoisotopic (exact) mass is 246 g/mol. The lowest BCUT2D eigenvalue weighted by atomic mass is 9.85. The molecule has 18 heavy (non-hydrogen) atoms. The Bertz CT molecular complexity index is 391. The molecular weight excluding hydrogens is 224 g/mol. The van der Waals surface area contributed by atoms with Gasteiger partial charge in [-0.1, -0.05) is 44.2 Å². The molecule has 1 aliphatic rings. The zero-order valence-corrected chi connectivity index (χ0v) is 11.2. The molecule has 1 aromatic carbocycles. The summed E-state index contributed by atoms with van der Waals surface area (Å²) in [6, 6.07) is 10.9. The Morgan fingerprint density at radius 3 is 2.72 bits per heavy atom. The summed E-state index contributed by atoms with van der Waals surface area (Å²) in [4.78, 5) is 14.0. The number of carbonyl (C=O) groups is 1. The van der Waals surface area contributed by atoms with Crippen LogP contribution >= 0.6 is 0 Å². The maximum Gasteiger partial charge on any atom is 0.234 e. The standard InChI is InChI=1S/C15H22N2O/c1-3-9-16-14(18)11-17-10-12(2)15(17)13-7-5-4-6-8-13/h4-8,12,15H,3,9-11H2,1-2H3,(H,16,18). The fraction of sp³-hybridized carbons (Fsp3) is 0.533. The van der Waals surface area contributed by atoms with Crippen molar-refractivity contribution < 1.29 is 4.79 Å². The second-order valence-electron chi connectivity index (χ2n) is 5.11. The van der Waals surface area contributed by atoms with Crippen LogP contribution in [0.15, 0.2) is 30.3 Å². The highest BCUT2D eigenvalue weighted by molar-refractivity contribution is 5.78. The number of likely N-dealkylation sites (tertiary alicyclic amines) is 1. The Labute approximate surface area is 109 Å². The van der Waals surface area contributed by atoms with Crippen molar-refractivity contribution in [1.82, 2.24) is 10.2 Å². The molecule has 0 spiro atoms. The highest BCUT2D eigenvalue weighted by atomic mass is 16.2. The van der Waals surface area contributed by atoms with Crippen LogP contribution in [0.4, 0.5) is 0 Å². The van der Waals surface area contributed by atoms with E-state index in [4.69, 9.17) is 0 Å². The third kappa shape index (κ3) is 2.91. The van der Waals surface area contributed by atoms with E-state index in [1.165, 1.54) is 5.56 Å². The Kier molecular flexibility index (Phi) is 4.37. The lowest BCUT2D eigenvalue weighted by Gasteiger charge is -2.46. The van der Waals surface area contributed by atoms with Crippen molar-refractivity contribution in [1.29, 1.82) is 0 Å². The lowest BCUT2D eigenvalue weighted by Crippen LogP contribution is -2.52. The summed E-state index contributed by atoms with van der Waals surface area (Å²) in [7, 11) is 0. The van der Waals surface area contributed by atoms with Gasteiger partial charge < -0.3 is 5.32 Å². The van der Waals surface area contributed by atoms with Gasteiger partial charge in [0.1, 0.15) is 0 Å². The van der Waals surface area contributed by atoms with Crippen LogP contribution in [0.2, 0.25) is 0 Å². The molecule has 0 aliphatic carbocycles. The van der Waals surface area contributed by atoms with Crippen LogP contribution in [0, 0.1) is 5.92 Å². The Morgan fingerprint density at radius 1 is 1.39 bits per heavy atom. The molecule has 0 aromatic heterocycles. The topological polar surface area (TPSA) is 32.3 Å². The van der Waals surface area contributed by atoms with Crippen LogP contribution < -0.4 is 5.32 Å². The first-order chi connectivity index (χ1) is 8.72. The molecule has 0 bridgehead atoms. The third-order valence-corrected chi connectivity index (χ3v) is 3.51. The molecule has 1 aliphatic heterocycles. The average molecular weight is 246 g/mol. The van der Waals surface area contributed by atoms with E-state index < -0.39 is 0 Å². The number of hydrogen-bond donors (Lipinski definition) is 1. The maximum atomic E-state index is 11.7. The van der Waals surface area contributed by atoms with Crippen LogP contribution in [0.1, 0.15) is 31.9 Å². The summed E-state index contributed by atoms with van der Waals surface area (Å²) < 4.78 is 0. The van der Waals surface area contributed by atoms with Crippen LogP contribution in [-0.2, 0) is 4.79 Å². The second-order valence-corrected chi connectivity index (χ2v) is 5.11. The lowest BCUT2D eigenvalue weighted by molar-refractivity contribution is -0.125. The highest BCUT2D eigenvalue weighted by Crippen LogP contribution is 2.37. The van der Waals surface area contributed by atoms with Gasteiger partial charge in [-0.25, -0.2) is 0 Å². The van der Waals surface area contributed by atoms with E-state index in [0.717, 1.165) is 19.5 Å². The van der Waals surface area contributed by atoms with E-state index in [0.29, 0.717) is 18.5 Å². The molecule has 2 atom stereocenters. The van der Waals surface area contributed by atoms with Crippen LogP contribution in [0.25, 0.3) is 0 Å². The zero-order valence-electron chi connectivity index (χ0n) is 11.2. The van der Waals surface area contributed by atoms with Gasteiger partial charge in [0, 0.05) is 19.1 Å². The van der Waals surface area contributed by atoms with Gasteiger partial charge in [-0.3, -0.25) is 9.69 Å². The zero-order chi connectivity index (χ0) is 13.0. The minimum absolute atomic E-state index is 0.143. The van der Waals surface area contributed by atoms with Gasteiger partial charge in [0.25, 0.3) is 0 Å². The van der Waals surface area contributed by atoms with Gasteiger partial charge in [0.05, 0.1) is 6.54 Å². The summed E-state index contributed by atoms with van der Waals surface area (Å²) in [6.45, 7) is 6.62. The molecule has 1 saturated heterocycles. The maximum absolute atomic E-state index is 11.7. The van der Waals surface area contributed by atoms with Crippen molar-refractivity contribution in [3.8, 4) is 0 Å². The van der Waals surface area contributed by atoms with Gasteiger partial charge >= 0.3 is 0 Å². The number of carbonyl (C=O) groups excluding carboxylic acids is 1. The fourth-order valence-corrected chi connectivity index (χ4v) is 2.66. The largest absolute Gasteiger partial charge is 0.355 e. The highest BCUT2D eigenvalue weighted by Gasteiger charge is 2.37. The number of benzene rings is 1. The molecule has 3 heteroatoms. The van der Waals surface area contributed by atoms with Crippen molar-refractivity contribution >= 4 is 5.91 Å². The molecule has 2 unspecified atom stereocenters. The molecular formula is C15H22N2O. The third-order valence-electron chi connectivity index (χ3n) is 3.51. The number of hydrogen-bond acceptors (Lipinski definition) is 2. The smallest absolute Gasteiger partial charge is 0.234 e. The van der Waals surface area contributed by atoms with E-state index in [1.807, 2.05) is 6.07 Å². The number of amides is 1. The molecule has 1 amide bonds. The molecule has 0 saturated carbocycles. The van der Waals surface area contributed by atoms with Crippen LogP contribution in [0.5, 0.6) is 0 Å². The van der Waals surface area contributed by atoms with E-state index in [9.17, 15) is 4.79 Å². The van der Waals surface area contributed by atoms with Crippen LogP contribution in [0.3, 0.4) is 0 Å². The van der Waals surface area contributed by atoms with E-state index in [-0.39, 0.29) is 5.91 Å². The van der Waals surface area contributed by atoms with Crippen molar-refractivity contribution in [3.63, 3.8) is 0 Å². The predicted octanol–water partition coefficient (Wildman–Crippen LogP) is 2.21. The second kappa shape index (κ2) is 6.01. The van der Waals surface area contributed by atoms with Crippen molar-refractivity contribution in [3.05, 3.63) is 35.9 Å². The molecule has 98 valence electrons. The summed E-state index contributed by atoms with van der Waals surface area (Å²) in [5.74, 6) is 0.774. The van der Waals surface area contributed by atoms with Crippen molar-refractivity contribution in [2.45, 2.75) is 26.3 Å². The average Bonchev–Trinajstić information content (AvgIpc) is 2.36. The Morgan fingerprint density at radius 2 is 2.11 bits per heavy atom. The van der Waals surface area contributed by atoms with Gasteiger partial charge in [-0.2, -0.15) is 0 Å². The molecule has 3 nitrogen and oxygen atoms in total. The normalized spacial score (nSPS) is 23.4. The summed E-state index contributed by atoms with van der Waals surface area (Å²) in [5.41, 5.74) is 1.32. The number of rotatable bonds is 5. The quantitative estimate of drug-likeness (QED) is 0.864. The number of nitrogens with zero attached hydrogens (tertiary/aromatic N) is 1.